The van der Waals surface area contributed by atoms with Crippen LogP contribution in [0.1, 0.15) is 62.9 Å². The van der Waals surface area contributed by atoms with Crippen molar-refractivity contribution in [1.29, 1.82) is 0 Å². The van der Waals surface area contributed by atoms with Gasteiger partial charge >= 0.3 is 12.2 Å². The number of methoxy groups -OCH3 is 2. The number of benzene rings is 3. The number of aromatic amines is 2. The topological polar surface area (TPSA) is 175 Å². The van der Waals surface area contributed by atoms with Crippen molar-refractivity contribution in [2.24, 2.45) is 17.8 Å². The number of ether oxygens (including phenoxy) is 3. The summed E-state index contributed by atoms with van der Waals surface area (Å²) in [6, 6.07) is 13.2. The summed E-state index contributed by atoms with van der Waals surface area (Å²) >= 11 is 0. The molecule has 0 bridgehead atoms. The number of fused-ring (bicyclic) bond motifs is 6. The molecule has 2 saturated heterocycles. The number of carbonyl (C=O) groups is 3. The number of hydrogen-bond acceptors (Lipinski definition) is 8. The van der Waals surface area contributed by atoms with Crippen molar-refractivity contribution in [2.75, 3.05) is 33.9 Å². The molecule has 3 amide bonds. The summed E-state index contributed by atoms with van der Waals surface area (Å²) in [5.74, 6) is 2.14. The first-order valence-corrected chi connectivity index (χ1v) is 18.4. The molecule has 14 heteroatoms. The second-order valence-electron chi connectivity index (χ2n) is 15.2. The maximum Gasteiger partial charge on any atom is 0.407 e. The zero-order chi connectivity index (χ0) is 37.8. The molecule has 2 aromatic heterocycles. The molecule has 8 rings (SSSR count). The van der Waals surface area contributed by atoms with Gasteiger partial charge in [0.05, 0.1) is 48.7 Å². The molecular formula is C40H45N7O7. The average Bonchev–Trinajstić information content (AvgIpc) is 3.98. The van der Waals surface area contributed by atoms with Crippen LogP contribution in [0.15, 0.2) is 48.7 Å². The van der Waals surface area contributed by atoms with Gasteiger partial charge in [-0.3, -0.25) is 9.69 Å². The SMILES string of the molecule is COCC1CC(c2nc3c(ccc4cc5c(cc43)OCc3cc(-c4cnc(C6CC(C)CN6C(=O)O)[nH]4)ccc3-5)[nH]2)N(C(=O)C(NC(=O)OC)C(C)C)C1. The molecule has 0 aliphatic carbocycles. The van der Waals surface area contributed by atoms with Crippen LogP contribution in [0.3, 0.4) is 0 Å². The van der Waals surface area contributed by atoms with Gasteiger partial charge in [-0.15, -0.1) is 0 Å². The Hall–Kier alpha value is -5.63. The molecule has 3 aromatic carbocycles. The highest BCUT2D eigenvalue weighted by molar-refractivity contribution is 6.07. The van der Waals surface area contributed by atoms with Crippen LogP contribution in [0.2, 0.25) is 0 Å². The standard InChI is InChI=1S/C40H45N7O7/c1-20(2)34(45-39(49)53-5)38(48)46-17-22(18-52-4)11-32(46)37-42-29-9-7-23-13-28-26-8-6-24(12-25(26)19-54-33(28)14-27(23)35(29)44-37)30-15-41-36(43-30)31-10-21(3)16-47(31)40(50)51/h6-9,12-15,20-22,31-32,34H,10-11,16-19H2,1-5H3,(H,41,43)(H,42,44)(H,45,49)(H,50,51). The summed E-state index contributed by atoms with van der Waals surface area (Å²) in [4.78, 5) is 57.9. The van der Waals surface area contributed by atoms with Gasteiger partial charge in [0.25, 0.3) is 0 Å². The molecule has 5 aromatic rings. The van der Waals surface area contributed by atoms with Crippen LogP contribution in [0.4, 0.5) is 9.59 Å². The maximum atomic E-state index is 14.0. The van der Waals surface area contributed by atoms with Crippen molar-refractivity contribution in [3.63, 3.8) is 0 Å². The highest BCUT2D eigenvalue weighted by Crippen LogP contribution is 2.44. The highest BCUT2D eigenvalue weighted by Gasteiger charge is 2.42. The van der Waals surface area contributed by atoms with Crippen LogP contribution in [-0.4, -0.2) is 92.9 Å². The molecule has 3 aliphatic heterocycles. The van der Waals surface area contributed by atoms with Crippen molar-refractivity contribution in [1.82, 2.24) is 35.1 Å². The lowest BCUT2D eigenvalue weighted by Crippen LogP contribution is -2.51. The van der Waals surface area contributed by atoms with E-state index in [9.17, 15) is 19.5 Å². The molecule has 0 radical (unpaired) electrons. The van der Waals surface area contributed by atoms with E-state index in [1.54, 1.807) is 13.3 Å². The zero-order valence-electron chi connectivity index (χ0n) is 31.0. The minimum atomic E-state index is -0.928. The Morgan fingerprint density at radius 2 is 1.81 bits per heavy atom. The Morgan fingerprint density at radius 1 is 1.00 bits per heavy atom. The molecule has 14 nitrogen and oxygen atoms in total. The third-order valence-electron chi connectivity index (χ3n) is 11.1. The van der Waals surface area contributed by atoms with Gasteiger partial charge < -0.3 is 39.5 Å². The van der Waals surface area contributed by atoms with Gasteiger partial charge in [0.15, 0.2) is 0 Å². The zero-order valence-corrected chi connectivity index (χ0v) is 31.0. The normalized spacial score (nSPS) is 21.3. The molecule has 282 valence electrons. The summed E-state index contributed by atoms with van der Waals surface area (Å²) in [5.41, 5.74) is 6.53. The van der Waals surface area contributed by atoms with Gasteiger partial charge in [-0.1, -0.05) is 39.0 Å². The molecule has 5 heterocycles. The summed E-state index contributed by atoms with van der Waals surface area (Å²) in [5, 5.41) is 14.4. The van der Waals surface area contributed by atoms with Gasteiger partial charge in [0.1, 0.15) is 30.0 Å². The number of hydrogen-bond donors (Lipinski definition) is 4. The number of aromatic nitrogens is 4. The number of H-pyrrole nitrogens is 2. The lowest BCUT2D eigenvalue weighted by atomic mass is 9.92. The summed E-state index contributed by atoms with van der Waals surface area (Å²) in [7, 11) is 2.95. The lowest BCUT2D eigenvalue weighted by Gasteiger charge is -2.30. The summed E-state index contributed by atoms with van der Waals surface area (Å²) in [6.45, 7) is 7.71. The van der Waals surface area contributed by atoms with Gasteiger partial charge in [0.2, 0.25) is 5.91 Å². The molecule has 0 spiro atoms. The van der Waals surface area contributed by atoms with E-state index < -0.39 is 18.2 Å². The quantitative estimate of drug-likeness (QED) is 0.136. The third-order valence-corrected chi connectivity index (χ3v) is 11.1. The Kier molecular flexibility index (Phi) is 9.16. The van der Waals surface area contributed by atoms with Gasteiger partial charge in [-0.25, -0.2) is 19.6 Å². The first-order valence-electron chi connectivity index (χ1n) is 18.4. The largest absolute Gasteiger partial charge is 0.488 e. The lowest BCUT2D eigenvalue weighted by molar-refractivity contribution is -0.135. The number of alkyl carbamates (subject to hydrolysis) is 1. The monoisotopic (exact) mass is 735 g/mol. The van der Waals surface area contributed by atoms with Crippen LogP contribution in [0, 0.1) is 17.8 Å². The molecule has 5 atom stereocenters. The Labute approximate surface area is 312 Å². The number of imidazole rings is 2. The van der Waals surface area contributed by atoms with E-state index in [0.29, 0.717) is 44.4 Å². The van der Waals surface area contributed by atoms with Crippen molar-refractivity contribution >= 4 is 39.9 Å². The first kappa shape index (κ1) is 35.4. The van der Waals surface area contributed by atoms with Crippen molar-refractivity contribution in [3.8, 4) is 28.1 Å². The van der Waals surface area contributed by atoms with Crippen molar-refractivity contribution in [3.05, 3.63) is 65.9 Å². The molecule has 0 saturated carbocycles. The Morgan fingerprint density at radius 3 is 2.57 bits per heavy atom. The van der Waals surface area contributed by atoms with E-state index in [1.807, 2.05) is 30.9 Å². The van der Waals surface area contributed by atoms with E-state index in [0.717, 1.165) is 61.9 Å². The number of nitrogens with one attached hydrogen (secondary N) is 3. The van der Waals surface area contributed by atoms with E-state index in [-0.39, 0.29) is 35.7 Å². The summed E-state index contributed by atoms with van der Waals surface area (Å²) < 4.78 is 16.7. The van der Waals surface area contributed by atoms with Crippen LogP contribution in [-0.2, 0) is 20.9 Å². The van der Waals surface area contributed by atoms with E-state index in [1.165, 1.54) is 12.0 Å². The van der Waals surface area contributed by atoms with Gasteiger partial charge in [-0.05, 0) is 71.0 Å². The summed E-state index contributed by atoms with van der Waals surface area (Å²) in [6.07, 6.45) is 1.60. The molecule has 54 heavy (non-hydrogen) atoms. The predicted molar refractivity (Wildman–Crippen MR) is 201 cm³/mol. The fourth-order valence-corrected chi connectivity index (χ4v) is 8.46. The van der Waals surface area contributed by atoms with E-state index in [4.69, 9.17) is 19.2 Å². The van der Waals surface area contributed by atoms with Gasteiger partial charge in [0, 0.05) is 37.1 Å². The number of carboxylic acid groups (broad SMARTS) is 1. The second-order valence-corrected chi connectivity index (χ2v) is 15.2. The number of amides is 3. The fourth-order valence-electron chi connectivity index (χ4n) is 8.46. The first-order chi connectivity index (χ1) is 26.0. The number of nitrogens with zero attached hydrogens (tertiary/aromatic N) is 4. The molecule has 3 aliphatic rings. The fraction of sp³-hybridized carbons (Fsp3) is 0.425. The molecule has 5 unspecified atom stereocenters. The van der Waals surface area contributed by atoms with Crippen LogP contribution >= 0.6 is 0 Å². The van der Waals surface area contributed by atoms with Crippen molar-refractivity contribution < 1.29 is 33.7 Å². The number of rotatable bonds is 8. The van der Waals surface area contributed by atoms with E-state index >= 15 is 0 Å². The molecule has 4 N–H and O–H groups in total. The van der Waals surface area contributed by atoms with E-state index in [2.05, 4.69) is 57.5 Å². The highest BCUT2D eigenvalue weighted by atomic mass is 16.5. The smallest absolute Gasteiger partial charge is 0.407 e. The number of carbonyl (C=O) groups excluding carboxylic acids is 2. The Balaban J connectivity index is 1.09. The number of likely N-dealkylation sites (tertiary alicyclic amines) is 2. The third kappa shape index (κ3) is 6.27. The van der Waals surface area contributed by atoms with Crippen molar-refractivity contribution in [2.45, 2.75) is 58.3 Å². The minimum absolute atomic E-state index is 0.106. The Bertz CT molecular complexity index is 2260. The van der Waals surface area contributed by atoms with Crippen LogP contribution in [0.5, 0.6) is 5.75 Å². The molecule has 2 fully saturated rings. The maximum absolute atomic E-state index is 14.0. The molecular weight excluding hydrogens is 690 g/mol. The second kappa shape index (κ2) is 14.0. The minimum Gasteiger partial charge on any atom is -0.488 e. The predicted octanol–water partition coefficient (Wildman–Crippen LogP) is 6.64. The van der Waals surface area contributed by atoms with Crippen LogP contribution < -0.4 is 10.1 Å². The van der Waals surface area contributed by atoms with Gasteiger partial charge in [-0.2, -0.15) is 0 Å². The van der Waals surface area contributed by atoms with Crippen LogP contribution in [0.25, 0.3) is 44.2 Å². The average molecular weight is 736 g/mol.